The molecule has 1 fully saturated rings. The van der Waals surface area contributed by atoms with Crippen LogP contribution >= 0.6 is 21.0 Å². The first-order chi connectivity index (χ1) is 14.5. The fraction of sp³-hybridized carbons (Fsp3) is 0.250. The maximum absolute atomic E-state index is 13.3. The lowest BCUT2D eigenvalue weighted by Crippen LogP contribution is -2.36. The number of nitrogens with two attached hydrogens (primary N) is 1. The predicted molar refractivity (Wildman–Crippen MR) is 122 cm³/mol. The summed E-state index contributed by atoms with van der Waals surface area (Å²) in [6.45, 7) is 4.59. The van der Waals surface area contributed by atoms with Crippen LogP contribution in [0, 0.1) is 6.92 Å². The molecule has 0 spiro atoms. The van der Waals surface area contributed by atoms with Crippen LogP contribution in [0.3, 0.4) is 0 Å². The molecule has 0 bridgehead atoms. The van der Waals surface area contributed by atoms with Crippen molar-refractivity contribution in [3.05, 3.63) is 58.4 Å². The molecule has 10 heteroatoms. The van der Waals surface area contributed by atoms with Gasteiger partial charge in [-0.15, -0.1) is 5.10 Å². The number of carbonyl (C=O) groups excluding carboxylic acids is 1. The van der Waals surface area contributed by atoms with Gasteiger partial charge in [-0.1, -0.05) is 23.7 Å². The summed E-state index contributed by atoms with van der Waals surface area (Å²) in [7, 11) is 2.48. The molecule has 8 nitrogen and oxygen atoms in total. The number of aromatic nitrogens is 3. The quantitative estimate of drug-likeness (QED) is 0.460. The summed E-state index contributed by atoms with van der Waals surface area (Å²) in [5, 5.41) is 7.99. The molecule has 1 aromatic carbocycles. The number of nitrogens with one attached hydrogen (secondary N) is 1. The molecule has 3 heterocycles. The van der Waals surface area contributed by atoms with Gasteiger partial charge in [0.1, 0.15) is 5.82 Å². The van der Waals surface area contributed by atoms with Crippen LogP contribution in [0.5, 0.6) is 0 Å². The lowest BCUT2D eigenvalue weighted by Gasteiger charge is -2.28. The second-order valence-corrected chi connectivity index (χ2v) is 7.81. The van der Waals surface area contributed by atoms with Crippen molar-refractivity contribution in [3.8, 4) is 0 Å². The molecular formula is C20H22ClN6O2P. The highest BCUT2D eigenvalue weighted by Gasteiger charge is 2.21. The van der Waals surface area contributed by atoms with Gasteiger partial charge < -0.3 is 20.7 Å². The van der Waals surface area contributed by atoms with Gasteiger partial charge in [-0.3, -0.25) is 9.25 Å². The average molecular weight is 445 g/mol. The number of benzene rings is 1. The molecule has 1 saturated heterocycles. The molecule has 1 unspecified atom stereocenters. The molecule has 30 heavy (non-hydrogen) atoms. The van der Waals surface area contributed by atoms with E-state index >= 15 is 0 Å². The van der Waals surface area contributed by atoms with E-state index in [0.29, 0.717) is 46.6 Å². The van der Waals surface area contributed by atoms with Crippen LogP contribution in [0.4, 0.5) is 23.0 Å². The Bertz CT molecular complexity index is 1100. The van der Waals surface area contributed by atoms with E-state index in [-0.39, 0.29) is 5.78 Å². The van der Waals surface area contributed by atoms with Gasteiger partial charge in [-0.2, -0.15) is 0 Å². The number of morpholine rings is 1. The zero-order chi connectivity index (χ0) is 21.3. The molecule has 2 aromatic heterocycles. The Hall–Kier alpha value is -2.67. The summed E-state index contributed by atoms with van der Waals surface area (Å²) >= 11 is 6.26. The molecule has 4 rings (SSSR count). The van der Waals surface area contributed by atoms with E-state index in [0.717, 1.165) is 24.6 Å². The number of hydrogen-bond donors (Lipinski definition) is 2. The minimum Gasteiger partial charge on any atom is -0.394 e. The highest BCUT2D eigenvalue weighted by molar-refractivity contribution is 7.14. The standard InChI is InChI=1S/C20H22ClN6O2P/c1-12-18(22)20(25-27(12)30)24-16-10-17(26-6-8-29-9-7-26)23-11-14(16)19(28)13-4-2-3-5-15(13)21/h2-5,10-11H,6-9,22,30H2,1H3,(H,23,24,25). The lowest BCUT2D eigenvalue weighted by molar-refractivity contribution is 0.103. The van der Waals surface area contributed by atoms with Gasteiger partial charge in [0.15, 0.2) is 11.6 Å². The summed E-state index contributed by atoms with van der Waals surface area (Å²) in [5.74, 6) is 0.983. The van der Waals surface area contributed by atoms with Crippen LogP contribution in [0.15, 0.2) is 36.5 Å². The van der Waals surface area contributed by atoms with Crippen LogP contribution in [0.2, 0.25) is 5.02 Å². The largest absolute Gasteiger partial charge is 0.394 e. The molecule has 0 saturated carbocycles. The second-order valence-electron chi connectivity index (χ2n) is 6.91. The number of nitrogens with zero attached hydrogens (tertiary/aromatic N) is 4. The number of ketones is 1. The van der Waals surface area contributed by atoms with Crippen molar-refractivity contribution in [1.82, 2.24) is 14.5 Å². The smallest absolute Gasteiger partial charge is 0.198 e. The van der Waals surface area contributed by atoms with E-state index in [9.17, 15) is 4.79 Å². The van der Waals surface area contributed by atoms with Crippen molar-refractivity contribution in [1.29, 1.82) is 0 Å². The number of pyridine rings is 1. The zero-order valence-corrected chi connectivity index (χ0v) is 18.3. The third-order valence-electron chi connectivity index (χ3n) is 5.04. The van der Waals surface area contributed by atoms with Gasteiger partial charge in [0, 0.05) is 30.9 Å². The Kier molecular flexibility index (Phi) is 5.90. The fourth-order valence-corrected chi connectivity index (χ4v) is 3.71. The molecular weight excluding hydrogens is 423 g/mol. The topological polar surface area (TPSA) is 98.3 Å². The van der Waals surface area contributed by atoms with E-state index in [1.165, 1.54) is 0 Å². The molecule has 0 radical (unpaired) electrons. The average Bonchev–Trinajstić information content (AvgIpc) is 3.01. The number of halogens is 1. The van der Waals surface area contributed by atoms with Crippen molar-refractivity contribution in [3.63, 3.8) is 0 Å². The Morgan fingerprint density at radius 3 is 2.67 bits per heavy atom. The second kappa shape index (κ2) is 8.60. The number of nitrogen functional groups attached to an aromatic ring is 1. The van der Waals surface area contributed by atoms with Crippen molar-refractivity contribution >= 4 is 49.8 Å². The van der Waals surface area contributed by atoms with Crippen molar-refractivity contribution in [2.75, 3.05) is 42.3 Å². The Morgan fingerprint density at radius 2 is 2.00 bits per heavy atom. The highest BCUT2D eigenvalue weighted by Crippen LogP contribution is 2.31. The van der Waals surface area contributed by atoms with Crippen LogP contribution in [-0.2, 0) is 4.74 Å². The number of hydrogen-bond acceptors (Lipinski definition) is 7. The molecule has 1 atom stereocenters. The SMILES string of the molecule is Cc1c(N)c(Nc2cc(N3CCOCC3)ncc2C(=O)c2ccccc2Cl)nn1P. The molecule has 3 N–H and O–H groups in total. The normalized spacial score (nSPS) is 14.0. The maximum Gasteiger partial charge on any atom is 0.198 e. The van der Waals surface area contributed by atoms with Crippen LogP contribution in [0.25, 0.3) is 0 Å². The van der Waals surface area contributed by atoms with Gasteiger partial charge in [-0.25, -0.2) is 4.98 Å². The van der Waals surface area contributed by atoms with E-state index in [1.807, 2.05) is 13.0 Å². The molecule has 1 aliphatic rings. The summed E-state index contributed by atoms with van der Waals surface area (Å²) < 4.78 is 7.03. The van der Waals surface area contributed by atoms with E-state index in [2.05, 4.69) is 29.7 Å². The Morgan fingerprint density at radius 1 is 1.27 bits per heavy atom. The Labute approximate surface area is 181 Å². The lowest BCUT2D eigenvalue weighted by atomic mass is 10.0. The van der Waals surface area contributed by atoms with E-state index in [1.54, 1.807) is 34.9 Å². The van der Waals surface area contributed by atoms with Gasteiger partial charge >= 0.3 is 0 Å². The minimum absolute atomic E-state index is 0.232. The number of carbonyl (C=O) groups is 1. The third kappa shape index (κ3) is 3.99. The minimum atomic E-state index is -0.232. The van der Waals surface area contributed by atoms with Crippen LogP contribution in [0.1, 0.15) is 21.6 Å². The van der Waals surface area contributed by atoms with E-state index < -0.39 is 0 Å². The monoisotopic (exact) mass is 444 g/mol. The summed E-state index contributed by atoms with van der Waals surface area (Å²) in [6, 6.07) is 8.78. The van der Waals surface area contributed by atoms with Gasteiger partial charge in [0.05, 0.1) is 40.9 Å². The van der Waals surface area contributed by atoms with Crippen molar-refractivity contribution in [2.24, 2.45) is 0 Å². The summed E-state index contributed by atoms with van der Waals surface area (Å²) in [6.07, 6.45) is 1.57. The van der Waals surface area contributed by atoms with Gasteiger partial charge in [0.25, 0.3) is 0 Å². The Balaban J connectivity index is 1.77. The number of ether oxygens (including phenoxy) is 1. The van der Waals surface area contributed by atoms with Gasteiger partial charge in [0.2, 0.25) is 0 Å². The van der Waals surface area contributed by atoms with Crippen molar-refractivity contribution in [2.45, 2.75) is 6.92 Å². The molecule has 3 aromatic rings. The molecule has 0 aliphatic carbocycles. The highest BCUT2D eigenvalue weighted by atomic mass is 35.5. The summed E-state index contributed by atoms with van der Waals surface area (Å²) in [4.78, 5) is 19.9. The number of anilines is 4. The molecule has 0 amide bonds. The fourth-order valence-electron chi connectivity index (χ4n) is 3.24. The number of rotatable bonds is 5. The molecule has 156 valence electrons. The summed E-state index contributed by atoms with van der Waals surface area (Å²) in [5.41, 5.74) is 8.84. The molecule has 1 aliphatic heterocycles. The van der Waals surface area contributed by atoms with Gasteiger partial charge in [-0.05, 0) is 28.4 Å². The third-order valence-corrected chi connectivity index (χ3v) is 5.87. The van der Waals surface area contributed by atoms with E-state index in [4.69, 9.17) is 22.1 Å². The van der Waals surface area contributed by atoms with Crippen molar-refractivity contribution < 1.29 is 9.53 Å². The zero-order valence-electron chi connectivity index (χ0n) is 16.4. The van der Waals surface area contributed by atoms with Crippen LogP contribution < -0.4 is 16.0 Å². The predicted octanol–water partition coefficient (Wildman–Crippen LogP) is 3.27. The maximum atomic E-state index is 13.3. The first-order valence-electron chi connectivity index (χ1n) is 9.45. The first-order valence-corrected chi connectivity index (χ1v) is 10.3. The first kappa shape index (κ1) is 20.6. The van der Waals surface area contributed by atoms with Crippen LogP contribution in [-0.4, -0.2) is 46.6 Å².